The van der Waals surface area contributed by atoms with Crippen molar-refractivity contribution in [3.05, 3.63) is 84.4 Å². The summed E-state index contributed by atoms with van der Waals surface area (Å²) in [6.45, 7) is 0. The molecule has 0 unspecified atom stereocenters. The van der Waals surface area contributed by atoms with E-state index in [0.29, 0.717) is 16.9 Å². The zero-order chi connectivity index (χ0) is 19.1. The van der Waals surface area contributed by atoms with Crippen molar-refractivity contribution in [3.8, 4) is 6.07 Å². The smallest absolute Gasteiger partial charge is 0.314 e. The minimum absolute atomic E-state index is 0.441. The average molecular weight is 356 g/mol. The van der Waals surface area contributed by atoms with Crippen molar-refractivity contribution in [2.75, 3.05) is 16.0 Å². The number of hydrogen-bond donors (Lipinski definition) is 3. The van der Waals surface area contributed by atoms with E-state index in [4.69, 9.17) is 5.26 Å². The lowest BCUT2D eigenvalue weighted by Crippen LogP contribution is -2.29. The number of anilines is 4. The van der Waals surface area contributed by atoms with Crippen LogP contribution in [0.4, 0.5) is 22.7 Å². The van der Waals surface area contributed by atoms with E-state index in [1.165, 1.54) is 0 Å². The normalized spacial score (nSPS) is 9.74. The van der Waals surface area contributed by atoms with E-state index >= 15 is 0 Å². The molecule has 0 radical (unpaired) electrons. The summed E-state index contributed by atoms with van der Waals surface area (Å²) >= 11 is 0. The van der Waals surface area contributed by atoms with Gasteiger partial charge in [-0.1, -0.05) is 18.2 Å². The number of rotatable bonds is 4. The first-order valence-corrected chi connectivity index (χ1v) is 8.19. The molecule has 3 rings (SSSR count). The summed E-state index contributed by atoms with van der Waals surface area (Å²) in [5.74, 6) is -1.56. The van der Waals surface area contributed by atoms with E-state index in [1.807, 2.05) is 36.4 Å². The number of nitrogens with one attached hydrogen (secondary N) is 3. The molecule has 0 aromatic heterocycles. The Morgan fingerprint density at radius 3 is 1.59 bits per heavy atom. The first-order chi connectivity index (χ1) is 13.1. The van der Waals surface area contributed by atoms with Crippen LogP contribution in [0.25, 0.3) is 0 Å². The van der Waals surface area contributed by atoms with Gasteiger partial charge in [-0.05, 0) is 60.7 Å². The summed E-state index contributed by atoms with van der Waals surface area (Å²) in [5.41, 5.74) is 3.24. The number of para-hydroxylation sites is 1. The molecule has 132 valence electrons. The summed E-state index contributed by atoms with van der Waals surface area (Å²) in [6, 6.07) is 25.0. The van der Waals surface area contributed by atoms with Gasteiger partial charge in [-0.25, -0.2) is 0 Å². The average Bonchev–Trinajstić information content (AvgIpc) is 2.71. The molecule has 6 nitrogen and oxygen atoms in total. The number of benzene rings is 3. The van der Waals surface area contributed by atoms with Crippen LogP contribution >= 0.6 is 0 Å². The van der Waals surface area contributed by atoms with Crippen LogP contribution in [-0.4, -0.2) is 11.8 Å². The highest BCUT2D eigenvalue weighted by Gasteiger charge is 2.14. The molecule has 0 spiro atoms. The molecule has 2 amide bonds. The largest absolute Gasteiger partial charge is 0.356 e. The molecule has 3 aromatic rings. The molecule has 6 heteroatoms. The molecule has 0 bridgehead atoms. The fourth-order valence-corrected chi connectivity index (χ4v) is 2.33. The molecular formula is C21H16N4O2. The summed E-state index contributed by atoms with van der Waals surface area (Å²) in [5, 5.41) is 17.0. The number of nitrogens with zero attached hydrogens (tertiary/aromatic N) is 1. The van der Waals surface area contributed by atoms with Crippen LogP contribution < -0.4 is 16.0 Å². The lowest BCUT2D eigenvalue weighted by atomic mass is 10.2. The van der Waals surface area contributed by atoms with Gasteiger partial charge in [0, 0.05) is 22.7 Å². The fraction of sp³-hybridized carbons (Fsp3) is 0. The van der Waals surface area contributed by atoms with Crippen LogP contribution in [0.15, 0.2) is 78.9 Å². The molecule has 27 heavy (non-hydrogen) atoms. The number of hydrogen-bond acceptors (Lipinski definition) is 4. The number of carbonyl (C=O) groups is 2. The van der Waals surface area contributed by atoms with Gasteiger partial charge in [-0.2, -0.15) is 5.26 Å². The Kier molecular flexibility index (Phi) is 5.45. The second-order valence-electron chi connectivity index (χ2n) is 5.67. The van der Waals surface area contributed by atoms with E-state index in [9.17, 15) is 9.59 Å². The monoisotopic (exact) mass is 356 g/mol. The number of nitriles is 1. The maximum absolute atomic E-state index is 12.0. The van der Waals surface area contributed by atoms with Gasteiger partial charge < -0.3 is 16.0 Å². The predicted octanol–water partition coefficient (Wildman–Crippen LogP) is 3.88. The molecule has 3 aromatic carbocycles. The van der Waals surface area contributed by atoms with Gasteiger partial charge in [0.25, 0.3) is 0 Å². The van der Waals surface area contributed by atoms with Crippen LogP contribution in [0.3, 0.4) is 0 Å². The van der Waals surface area contributed by atoms with Gasteiger partial charge in [0.15, 0.2) is 0 Å². The van der Waals surface area contributed by atoms with Gasteiger partial charge in [0.2, 0.25) is 0 Å². The highest BCUT2D eigenvalue weighted by atomic mass is 16.2. The van der Waals surface area contributed by atoms with E-state index < -0.39 is 11.8 Å². The van der Waals surface area contributed by atoms with Gasteiger partial charge in [0.05, 0.1) is 11.6 Å². The molecule has 0 saturated heterocycles. The molecular weight excluding hydrogens is 340 g/mol. The van der Waals surface area contributed by atoms with Crippen molar-refractivity contribution in [1.82, 2.24) is 0 Å². The van der Waals surface area contributed by atoms with Crippen LogP contribution in [0.1, 0.15) is 5.56 Å². The summed E-state index contributed by atoms with van der Waals surface area (Å²) in [7, 11) is 0. The molecule has 0 heterocycles. The Morgan fingerprint density at radius 2 is 1.07 bits per heavy atom. The maximum Gasteiger partial charge on any atom is 0.314 e. The van der Waals surface area contributed by atoms with Crippen LogP contribution in [0.2, 0.25) is 0 Å². The van der Waals surface area contributed by atoms with E-state index in [1.54, 1.807) is 48.5 Å². The van der Waals surface area contributed by atoms with Crippen molar-refractivity contribution in [2.24, 2.45) is 0 Å². The summed E-state index contributed by atoms with van der Waals surface area (Å²) in [6.07, 6.45) is 0. The van der Waals surface area contributed by atoms with Crippen LogP contribution in [0.5, 0.6) is 0 Å². The topological polar surface area (TPSA) is 94.0 Å². The van der Waals surface area contributed by atoms with Crippen molar-refractivity contribution in [2.45, 2.75) is 0 Å². The van der Waals surface area contributed by atoms with Gasteiger partial charge in [-0.15, -0.1) is 0 Å². The first-order valence-electron chi connectivity index (χ1n) is 8.19. The maximum atomic E-state index is 12.0. The molecule has 0 saturated carbocycles. The van der Waals surface area contributed by atoms with Gasteiger partial charge in [-0.3, -0.25) is 9.59 Å². The molecule has 0 aliphatic carbocycles. The van der Waals surface area contributed by atoms with Crippen molar-refractivity contribution >= 4 is 34.6 Å². The van der Waals surface area contributed by atoms with Gasteiger partial charge in [0.1, 0.15) is 0 Å². The lowest BCUT2D eigenvalue weighted by molar-refractivity contribution is -0.132. The molecule has 0 fully saturated rings. The third-order valence-corrected chi connectivity index (χ3v) is 3.68. The molecule has 0 aliphatic rings. The summed E-state index contributed by atoms with van der Waals surface area (Å²) < 4.78 is 0. The Balaban J connectivity index is 1.56. The second-order valence-corrected chi connectivity index (χ2v) is 5.67. The zero-order valence-corrected chi connectivity index (χ0v) is 14.3. The van der Waals surface area contributed by atoms with Crippen molar-refractivity contribution in [1.29, 1.82) is 5.26 Å². The van der Waals surface area contributed by atoms with Gasteiger partial charge >= 0.3 is 11.8 Å². The minimum atomic E-state index is -0.786. The first kappa shape index (κ1) is 17.7. The van der Waals surface area contributed by atoms with E-state index in [2.05, 4.69) is 16.0 Å². The van der Waals surface area contributed by atoms with E-state index in [0.717, 1.165) is 11.4 Å². The molecule has 0 atom stereocenters. The van der Waals surface area contributed by atoms with Crippen LogP contribution in [-0.2, 0) is 9.59 Å². The lowest BCUT2D eigenvalue weighted by Gasteiger charge is -2.09. The Labute approximate surface area is 156 Å². The summed E-state index contributed by atoms with van der Waals surface area (Å²) in [4.78, 5) is 24.0. The number of amides is 2. The quantitative estimate of drug-likeness (QED) is 0.618. The SMILES string of the molecule is N#Cc1ccc(NC(=O)C(=O)Nc2ccc(Nc3ccccc3)cc2)cc1. The Morgan fingerprint density at radius 1 is 0.630 bits per heavy atom. The number of carbonyl (C=O) groups excluding carboxylic acids is 2. The third-order valence-electron chi connectivity index (χ3n) is 3.68. The predicted molar refractivity (Wildman–Crippen MR) is 105 cm³/mol. The minimum Gasteiger partial charge on any atom is -0.356 e. The van der Waals surface area contributed by atoms with Crippen molar-refractivity contribution < 1.29 is 9.59 Å². The Hall–Kier alpha value is -4.11. The zero-order valence-electron chi connectivity index (χ0n) is 14.3. The third kappa shape index (κ3) is 4.94. The highest BCUT2D eigenvalue weighted by Crippen LogP contribution is 2.18. The molecule has 3 N–H and O–H groups in total. The second kappa shape index (κ2) is 8.32. The van der Waals surface area contributed by atoms with Crippen molar-refractivity contribution in [3.63, 3.8) is 0 Å². The van der Waals surface area contributed by atoms with Crippen LogP contribution in [0, 0.1) is 11.3 Å². The van der Waals surface area contributed by atoms with E-state index in [-0.39, 0.29) is 0 Å². The highest BCUT2D eigenvalue weighted by molar-refractivity contribution is 6.43. The standard InChI is InChI=1S/C21H16N4O2/c22-14-15-6-8-18(9-7-15)24-20(26)21(27)25-19-12-10-17(11-13-19)23-16-4-2-1-3-5-16/h1-13,23H,(H,24,26)(H,25,27). The molecule has 0 aliphatic heterocycles. The Bertz CT molecular complexity index is 975. The fourth-order valence-electron chi connectivity index (χ4n) is 2.33.